The molecule has 2 aromatic heterocycles. The van der Waals surface area contributed by atoms with Crippen LogP contribution in [-0.2, 0) is 11.2 Å². The smallest absolute Gasteiger partial charge is 0.193 e. The SMILES string of the molecule is CCOCCC(Cc1cn2ccsc2n1)NN. The summed E-state index contributed by atoms with van der Waals surface area (Å²) in [6.45, 7) is 3.47. The third-order valence-electron chi connectivity index (χ3n) is 2.65. The van der Waals surface area contributed by atoms with E-state index in [0.29, 0.717) is 0 Å². The van der Waals surface area contributed by atoms with E-state index in [1.54, 1.807) is 11.3 Å². The molecule has 1 atom stereocenters. The van der Waals surface area contributed by atoms with Crippen molar-refractivity contribution in [3.05, 3.63) is 23.5 Å². The molecular weight excluding hydrogens is 236 g/mol. The molecule has 0 aliphatic heterocycles. The Labute approximate surface area is 105 Å². The lowest BCUT2D eigenvalue weighted by molar-refractivity contribution is 0.136. The molecule has 0 saturated heterocycles. The van der Waals surface area contributed by atoms with Crippen molar-refractivity contribution in [3.8, 4) is 0 Å². The van der Waals surface area contributed by atoms with E-state index >= 15 is 0 Å². The van der Waals surface area contributed by atoms with Crippen molar-refractivity contribution in [2.24, 2.45) is 5.84 Å². The number of ether oxygens (including phenoxy) is 1. The number of hydrogen-bond donors (Lipinski definition) is 2. The van der Waals surface area contributed by atoms with Crippen molar-refractivity contribution < 1.29 is 4.74 Å². The number of thiazole rings is 1. The van der Waals surface area contributed by atoms with Gasteiger partial charge >= 0.3 is 0 Å². The Morgan fingerprint density at radius 2 is 2.53 bits per heavy atom. The van der Waals surface area contributed by atoms with E-state index in [1.165, 1.54) is 0 Å². The van der Waals surface area contributed by atoms with Gasteiger partial charge in [-0.2, -0.15) is 0 Å². The predicted molar refractivity (Wildman–Crippen MR) is 69.0 cm³/mol. The fourth-order valence-corrected chi connectivity index (χ4v) is 2.46. The van der Waals surface area contributed by atoms with Gasteiger partial charge in [-0.15, -0.1) is 11.3 Å². The molecule has 2 rings (SSSR count). The standard InChI is InChI=1S/C11H18N4OS/c1-2-16-5-3-9(14-12)7-10-8-15-4-6-17-11(15)13-10/h4,6,8-9,14H,2-3,5,7,12H2,1H3. The molecular formula is C11H18N4OS. The molecule has 1 unspecified atom stereocenters. The molecule has 5 nitrogen and oxygen atoms in total. The van der Waals surface area contributed by atoms with Crippen LogP contribution in [0.4, 0.5) is 0 Å². The minimum Gasteiger partial charge on any atom is -0.382 e. The number of hydrazine groups is 1. The molecule has 0 aliphatic carbocycles. The van der Waals surface area contributed by atoms with E-state index < -0.39 is 0 Å². The molecule has 6 heteroatoms. The summed E-state index contributed by atoms with van der Waals surface area (Å²) in [5.74, 6) is 5.53. The van der Waals surface area contributed by atoms with Crippen LogP contribution in [0, 0.1) is 0 Å². The average molecular weight is 254 g/mol. The van der Waals surface area contributed by atoms with Gasteiger partial charge in [0, 0.05) is 43.5 Å². The molecule has 0 fully saturated rings. The van der Waals surface area contributed by atoms with Gasteiger partial charge in [-0.1, -0.05) is 0 Å². The lowest BCUT2D eigenvalue weighted by Gasteiger charge is -2.13. The summed E-state index contributed by atoms with van der Waals surface area (Å²) < 4.78 is 7.37. The van der Waals surface area contributed by atoms with E-state index in [9.17, 15) is 0 Å². The molecule has 94 valence electrons. The number of rotatable bonds is 7. The largest absolute Gasteiger partial charge is 0.382 e. The molecule has 0 amide bonds. The minimum absolute atomic E-state index is 0.214. The first kappa shape index (κ1) is 12.5. The van der Waals surface area contributed by atoms with Gasteiger partial charge in [0.2, 0.25) is 0 Å². The zero-order valence-electron chi connectivity index (χ0n) is 9.93. The van der Waals surface area contributed by atoms with Crippen LogP contribution in [0.3, 0.4) is 0 Å². The Balaban J connectivity index is 1.91. The summed E-state index contributed by atoms with van der Waals surface area (Å²) in [7, 11) is 0. The Morgan fingerprint density at radius 3 is 3.24 bits per heavy atom. The summed E-state index contributed by atoms with van der Waals surface area (Å²) in [6, 6.07) is 0.214. The van der Waals surface area contributed by atoms with Crippen LogP contribution in [0.5, 0.6) is 0 Å². The van der Waals surface area contributed by atoms with Crippen LogP contribution < -0.4 is 11.3 Å². The highest BCUT2D eigenvalue weighted by atomic mass is 32.1. The molecule has 17 heavy (non-hydrogen) atoms. The van der Waals surface area contributed by atoms with Crippen LogP contribution in [0.25, 0.3) is 4.96 Å². The van der Waals surface area contributed by atoms with Gasteiger partial charge in [0.05, 0.1) is 5.69 Å². The summed E-state index contributed by atoms with van der Waals surface area (Å²) >= 11 is 1.64. The summed E-state index contributed by atoms with van der Waals surface area (Å²) in [5.41, 5.74) is 3.89. The van der Waals surface area contributed by atoms with E-state index in [4.69, 9.17) is 10.6 Å². The second kappa shape index (κ2) is 6.11. The van der Waals surface area contributed by atoms with Gasteiger partial charge in [0.1, 0.15) is 0 Å². The molecule has 3 N–H and O–H groups in total. The molecule has 2 aromatic rings. The topological polar surface area (TPSA) is 64.6 Å². The third-order valence-corrected chi connectivity index (χ3v) is 3.42. The van der Waals surface area contributed by atoms with Crippen molar-refractivity contribution in [1.82, 2.24) is 14.8 Å². The van der Waals surface area contributed by atoms with E-state index in [1.807, 2.05) is 22.9 Å². The molecule has 0 spiro atoms. The van der Waals surface area contributed by atoms with Gasteiger partial charge in [-0.25, -0.2) is 4.98 Å². The van der Waals surface area contributed by atoms with Crippen molar-refractivity contribution in [3.63, 3.8) is 0 Å². The quantitative estimate of drug-likeness (QED) is 0.443. The molecule has 0 bridgehead atoms. The number of nitrogens with zero attached hydrogens (tertiary/aromatic N) is 2. The Bertz CT molecular complexity index is 424. The molecule has 0 aliphatic rings. The van der Waals surface area contributed by atoms with Crippen LogP contribution in [0.2, 0.25) is 0 Å². The molecule has 0 radical (unpaired) electrons. The zero-order chi connectivity index (χ0) is 12.1. The molecule has 2 heterocycles. The van der Waals surface area contributed by atoms with E-state index in [0.717, 1.165) is 36.7 Å². The Hall–Kier alpha value is -0.950. The van der Waals surface area contributed by atoms with Gasteiger partial charge < -0.3 is 4.74 Å². The summed E-state index contributed by atoms with van der Waals surface area (Å²) in [6.07, 6.45) is 5.80. The number of aromatic nitrogens is 2. The van der Waals surface area contributed by atoms with Crippen molar-refractivity contribution in [2.45, 2.75) is 25.8 Å². The number of hydrogen-bond acceptors (Lipinski definition) is 5. The predicted octanol–water partition coefficient (Wildman–Crippen LogP) is 1.20. The Morgan fingerprint density at radius 1 is 1.65 bits per heavy atom. The monoisotopic (exact) mass is 254 g/mol. The second-order valence-corrected chi connectivity index (χ2v) is 4.75. The third kappa shape index (κ3) is 3.26. The first-order chi connectivity index (χ1) is 8.33. The minimum atomic E-state index is 0.214. The number of nitrogens with two attached hydrogens (primary N) is 1. The van der Waals surface area contributed by atoms with E-state index in [-0.39, 0.29) is 6.04 Å². The number of nitrogens with one attached hydrogen (secondary N) is 1. The zero-order valence-corrected chi connectivity index (χ0v) is 10.7. The van der Waals surface area contributed by atoms with Gasteiger partial charge in [0.25, 0.3) is 0 Å². The number of fused-ring (bicyclic) bond motifs is 1. The normalized spacial score (nSPS) is 13.3. The maximum atomic E-state index is 5.53. The average Bonchev–Trinajstić information content (AvgIpc) is 2.88. The first-order valence-corrected chi connectivity index (χ1v) is 6.66. The highest BCUT2D eigenvalue weighted by molar-refractivity contribution is 7.15. The fourth-order valence-electron chi connectivity index (χ4n) is 1.74. The van der Waals surface area contributed by atoms with Crippen molar-refractivity contribution in [2.75, 3.05) is 13.2 Å². The molecule has 0 saturated carbocycles. The fraction of sp³-hybridized carbons (Fsp3) is 0.545. The van der Waals surface area contributed by atoms with E-state index in [2.05, 4.69) is 16.6 Å². The van der Waals surface area contributed by atoms with Crippen molar-refractivity contribution >= 4 is 16.3 Å². The lowest BCUT2D eigenvalue weighted by Crippen LogP contribution is -2.37. The summed E-state index contributed by atoms with van der Waals surface area (Å²) in [5, 5.41) is 2.03. The van der Waals surface area contributed by atoms with Crippen molar-refractivity contribution in [1.29, 1.82) is 0 Å². The van der Waals surface area contributed by atoms with Gasteiger partial charge in [-0.05, 0) is 13.3 Å². The van der Waals surface area contributed by atoms with Gasteiger partial charge in [-0.3, -0.25) is 15.7 Å². The lowest BCUT2D eigenvalue weighted by atomic mass is 10.1. The van der Waals surface area contributed by atoms with Crippen LogP contribution in [-0.4, -0.2) is 28.6 Å². The van der Waals surface area contributed by atoms with Crippen LogP contribution >= 0.6 is 11.3 Å². The Kier molecular flexibility index (Phi) is 4.49. The summed E-state index contributed by atoms with van der Waals surface area (Å²) in [4.78, 5) is 5.56. The van der Waals surface area contributed by atoms with Gasteiger partial charge in [0.15, 0.2) is 4.96 Å². The van der Waals surface area contributed by atoms with Crippen LogP contribution in [0.15, 0.2) is 17.8 Å². The second-order valence-electron chi connectivity index (χ2n) is 3.88. The maximum absolute atomic E-state index is 5.53. The van der Waals surface area contributed by atoms with Crippen LogP contribution in [0.1, 0.15) is 19.0 Å². The first-order valence-electron chi connectivity index (χ1n) is 5.78. The number of imidazole rings is 1. The maximum Gasteiger partial charge on any atom is 0.193 e. The molecule has 0 aromatic carbocycles. The highest BCUT2D eigenvalue weighted by Gasteiger charge is 2.10. The highest BCUT2D eigenvalue weighted by Crippen LogP contribution is 2.13.